The standard InChI is InChI=1S/C22H30F2N4O2/c1-30-19(29)5-3-11-28-14-21(15-28)9-13-27(16-22(21,23)24)12-8-18-7-6-17-4-2-10-25-20(17)26-18/h3,5-7H,2,4,8-16H2,1H3,(H,25,26)/b5-3+. The molecule has 3 aliphatic rings. The number of aromatic nitrogens is 1. The van der Waals surface area contributed by atoms with Crippen molar-refractivity contribution in [3.63, 3.8) is 0 Å². The SMILES string of the molecule is COC(=O)/C=C/CN1CC2(CCN(CCc3ccc4c(n3)NCCC4)CC2(F)F)C1. The van der Waals surface area contributed by atoms with Crippen LogP contribution < -0.4 is 5.32 Å². The number of piperidine rings is 1. The van der Waals surface area contributed by atoms with Gasteiger partial charge in [0, 0.05) is 50.9 Å². The molecule has 4 rings (SSSR count). The molecular weight excluding hydrogens is 390 g/mol. The number of carbonyl (C=O) groups is 1. The van der Waals surface area contributed by atoms with Crippen molar-refractivity contribution in [2.24, 2.45) is 5.41 Å². The highest BCUT2D eigenvalue weighted by molar-refractivity contribution is 5.81. The maximum absolute atomic E-state index is 15.0. The maximum Gasteiger partial charge on any atom is 0.330 e. The quantitative estimate of drug-likeness (QED) is 0.563. The van der Waals surface area contributed by atoms with Crippen molar-refractivity contribution in [2.75, 3.05) is 58.2 Å². The summed E-state index contributed by atoms with van der Waals surface area (Å²) in [4.78, 5) is 19.6. The number of anilines is 1. The van der Waals surface area contributed by atoms with E-state index in [4.69, 9.17) is 0 Å². The third-order valence-electron chi connectivity index (χ3n) is 6.61. The van der Waals surface area contributed by atoms with Crippen LogP contribution in [-0.2, 0) is 22.4 Å². The van der Waals surface area contributed by atoms with Crippen molar-refractivity contribution in [3.05, 3.63) is 35.5 Å². The van der Waals surface area contributed by atoms with Gasteiger partial charge in [-0.3, -0.25) is 9.80 Å². The van der Waals surface area contributed by atoms with E-state index in [0.29, 0.717) is 45.6 Å². The van der Waals surface area contributed by atoms with Crippen molar-refractivity contribution in [2.45, 2.75) is 31.6 Å². The number of carbonyl (C=O) groups excluding carboxylic acids is 1. The molecule has 6 nitrogen and oxygen atoms in total. The monoisotopic (exact) mass is 420 g/mol. The van der Waals surface area contributed by atoms with E-state index in [9.17, 15) is 13.6 Å². The highest BCUT2D eigenvalue weighted by Gasteiger charge is 2.61. The van der Waals surface area contributed by atoms with Crippen molar-refractivity contribution in [1.29, 1.82) is 0 Å². The normalized spacial score (nSPS) is 23.0. The minimum Gasteiger partial charge on any atom is -0.466 e. The number of nitrogens with zero attached hydrogens (tertiary/aromatic N) is 3. The molecule has 1 aromatic rings. The van der Waals surface area contributed by atoms with Gasteiger partial charge in [-0.2, -0.15) is 0 Å². The highest BCUT2D eigenvalue weighted by atomic mass is 19.3. The molecule has 3 aliphatic heterocycles. The molecule has 8 heteroatoms. The zero-order valence-corrected chi connectivity index (χ0v) is 17.5. The summed E-state index contributed by atoms with van der Waals surface area (Å²) in [7, 11) is 1.32. The molecule has 1 spiro atoms. The van der Waals surface area contributed by atoms with Gasteiger partial charge in [0.05, 0.1) is 19.1 Å². The molecule has 1 N–H and O–H groups in total. The first kappa shape index (κ1) is 21.2. The van der Waals surface area contributed by atoms with Crippen LogP contribution in [0.3, 0.4) is 0 Å². The summed E-state index contributed by atoms with van der Waals surface area (Å²) in [5.74, 6) is -2.18. The van der Waals surface area contributed by atoms with Gasteiger partial charge in [-0.25, -0.2) is 18.6 Å². The zero-order chi connectivity index (χ0) is 21.2. The molecule has 0 bridgehead atoms. The fourth-order valence-electron chi connectivity index (χ4n) is 4.75. The minimum absolute atomic E-state index is 0.192. The Balaban J connectivity index is 1.26. The predicted octanol–water partition coefficient (Wildman–Crippen LogP) is 2.35. The van der Waals surface area contributed by atoms with Crippen molar-refractivity contribution in [3.8, 4) is 0 Å². The van der Waals surface area contributed by atoms with Gasteiger partial charge < -0.3 is 10.1 Å². The summed E-state index contributed by atoms with van der Waals surface area (Å²) in [6.45, 7) is 3.28. The second-order valence-corrected chi connectivity index (χ2v) is 8.70. The first-order valence-electron chi connectivity index (χ1n) is 10.7. The first-order valence-corrected chi connectivity index (χ1v) is 10.7. The topological polar surface area (TPSA) is 57.7 Å². The minimum atomic E-state index is -2.71. The number of esters is 1. The lowest BCUT2D eigenvalue weighted by Crippen LogP contribution is -2.70. The summed E-state index contributed by atoms with van der Waals surface area (Å²) in [6, 6.07) is 4.14. The number of methoxy groups -OCH3 is 1. The molecule has 0 aliphatic carbocycles. The molecule has 4 heterocycles. The van der Waals surface area contributed by atoms with Gasteiger partial charge in [-0.15, -0.1) is 0 Å². The third-order valence-corrected chi connectivity index (χ3v) is 6.61. The van der Waals surface area contributed by atoms with Crippen molar-refractivity contribution >= 4 is 11.8 Å². The van der Waals surface area contributed by atoms with Crippen LogP contribution >= 0.6 is 0 Å². The lowest BCUT2D eigenvalue weighted by Gasteiger charge is -2.57. The van der Waals surface area contributed by atoms with Crippen LogP contribution in [0.25, 0.3) is 0 Å². The van der Waals surface area contributed by atoms with Gasteiger partial charge in [0.15, 0.2) is 0 Å². The number of nitrogens with one attached hydrogen (secondary N) is 1. The van der Waals surface area contributed by atoms with Gasteiger partial charge in [-0.1, -0.05) is 12.1 Å². The zero-order valence-electron chi connectivity index (χ0n) is 17.5. The number of aryl methyl sites for hydroxylation is 1. The van der Waals surface area contributed by atoms with Gasteiger partial charge in [0.2, 0.25) is 0 Å². The van der Waals surface area contributed by atoms with Gasteiger partial charge in [-0.05, 0) is 37.4 Å². The second-order valence-electron chi connectivity index (χ2n) is 8.70. The Kier molecular flexibility index (Phi) is 6.06. The van der Waals surface area contributed by atoms with E-state index in [-0.39, 0.29) is 6.54 Å². The Hall–Kier alpha value is -2.06. The number of likely N-dealkylation sites (tertiary alicyclic amines) is 2. The summed E-state index contributed by atoms with van der Waals surface area (Å²) < 4.78 is 34.5. The molecule has 2 saturated heterocycles. The molecule has 0 atom stereocenters. The molecule has 0 unspecified atom stereocenters. The Morgan fingerprint density at radius 3 is 2.90 bits per heavy atom. The van der Waals surface area contributed by atoms with E-state index in [1.54, 1.807) is 6.08 Å². The average Bonchev–Trinajstić information content (AvgIpc) is 2.71. The Labute approximate surface area is 176 Å². The Morgan fingerprint density at radius 2 is 2.13 bits per heavy atom. The van der Waals surface area contributed by atoms with Gasteiger partial charge in [0.1, 0.15) is 5.82 Å². The number of rotatable bonds is 6. The van der Waals surface area contributed by atoms with E-state index < -0.39 is 17.3 Å². The predicted molar refractivity (Wildman–Crippen MR) is 111 cm³/mol. The number of ether oxygens (including phenoxy) is 1. The molecule has 1 aromatic heterocycles. The van der Waals surface area contributed by atoms with E-state index in [1.165, 1.54) is 18.7 Å². The molecule has 0 amide bonds. The number of fused-ring (bicyclic) bond motifs is 1. The molecule has 30 heavy (non-hydrogen) atoms. The number of pyridine rings is 1. The Morgan fingerprint density at radius 1 is 1.30 bits per heavy atom. The summed E-state index contributed by atoms with van der Waals surface area (Å²) >= 11 is 0. The van der Waals surface area contributed by atoms with Gasteiger partial charge in [0.25, 0.3) is 5.92 Å². The molecule has 0 saturated carbocycles. The summed E-state index contributed by atoms with van der Waals surface area (Å²) in [5.41, 5.74) is 1.27. The molecule has 2 fully saturated rings. The van der Waals surface area contributed by atoms with E-state index in [0.717, 1.165) is 30.9 Å². The molecule has 0 radical (unpaired) electrons. The largest absolute Gasteiger partial charge is 0.466 e. The van der Waals surface area contributed by atoms with Crippen LogP contribution in [0.5, 0.6) is 0 Å². The highest BCUT2D eigenvalue weighted by Crippen LogP contribution is 2.49. The van der Waals surface area contributed by atoms with E-state index in [2.05, 4.69) is 21.1 Å². The first-order chi connectivity index (χ1) is 14.4. The number of alkyl halides is 2. The molecule has 0 aromatic carbocycles. The van der Waals surface area contributed by atoms with Crippen LogP contribution in [0, 0.1) is 5.41 Å². The van der Waals surface area contributed by atoms with Crippen LogP contribution in [-0.4, -0.2) is 79.6 Å². The maximum atomic E-state index is 15.0. The fourth-order valence-corrected chi connectivity index (χ4v) is 4.75. The van der Waals surface area contributed by atoms with Crippen molar-refractivity contribution < 1.29 is 18.3 Å². The Bertz CT molecular complexity index is 808. The third kappa shape index (κ3) is 4.34. The van der Waals surface area contributed by atoms with E-state index in [1.807, 2.05) is 15.9 Å². The van der Waals surface area contributed by atoms with Crippen LogP contribution in [0.4, 0.5) is 14.6 Å². The summed E-state index contributed by atoms with van der Waals surface area (Å²) in [6.07, 6.45) is 6.37. The van der Waals surface area contributed by atoms with Crippen LogP contribution in [0.15, 0.2) is 24.3 Å². The van der Waals surface area contributed by atoms with Crippen LogP contribution in [0.2, 0.25) is 0 Å². The molecule has 164 valence electrons. The number of hydrogen-bond acceptors (Lipinski definition) is 6. The summed E-state index contributed by atoms with van der Waals surface area (Å²) in [5, 5.41) is 3.33. The number of hydrogen-bond donors (Lipinski definition) is 1. The number of halogens is 2. The average molecular weight is 421 g/mol. The lowest BCUT2D eigenvalue weighted by molar-refractivity contribution is -0.222. The fraction of sp³-hybridized carbons (Fsp3) is 0.636. The van der Waals surface area contributed by atoms with Crippen molar-refractivity contribution in [1.82, 2.24) is 14.8 Å². The lowest BCUT2D eigenvalue weighted by atomic mass is 9.69. The second kappa shape index (κ2) is 8.59. The molecular formula is C22H30F2N4O2. The smallest absolute Gasteiger partial charge is 0.330 e. The van der Waals surface area contributed by atoms with Crippen LogP contribution in [0.1, 0.15) is 24.1 Å². The van der Waals surface area contributed by atoms with E-state index >= 15 is 0 Å². The van der Waals surface area contributed by atoms with Gasteiger partial charge >= 0.3 is 5.97 Å².